The Hall–Kier alpha value is -3.96. The second-order valence-electron chi connectivity index (χ2n) is 6.85. The maximum Gasteiger partial charge on any atom is 0.268 e. The van der Waals surface area contributed by atoms with Crippen LogP contribution in [0.4, 0.5) is 5.13 Å². The summed E-state index contributed by atoms with van der Waals surface area (Å²) < 4.78 is 11.6. The Balaban J connectivity index is 1.58. The van der Waals surface area contributed by atoms with Crippen LogP contribution in [0.15, 0.2) is 66.8 Å². The molecule has 0 aliphatic rings. The Morgan fingerprint density at radius 3 is 2.76 bits per heavy atom. The molecule has 33 heavy (non-hydrogen) atoms. The molecule has 7 nitrogen and oxygen atoms in total. The predicted octanol–water partition coefficient (Wildman–Crippen LogP) is 4.83. The number of aromatic nitrogens is 2. The summed E-state index contributed by atoms with van der Waals surface area (Å²) in [7, 11) is 0. The highest BCUT2D eigenvalue weighted by Crippen LogP contribution is 2.20. The van der Waals surface area contributed by atoms with Gasteiger partial charge in [-0.15, -0.1) is 16.8 Å². The lowest BCUT2D eigenvalue weighted by Gasteiger charge is -2.11. The van der Waals surface area contributed by atoms with E-state index in [-0.39, 0.29) is 5.57 Å². The lowest BCUT2D eigenvalue weighted by atomic mass is 10.1. The van der Waals surface area contributed by atoms with Crippen molar-refractivity contribution < 1.29 is 14.3 Å². The topological polar surface area (TPSA) is 97.1 Å². The van der Waals surface area contributed by atoms with Gasteiger partial charge in [0.15, 0.2) is 0 Å². The molecule has 0 aliphatic carbocycles. The number of carbonyl (C=O) groups excluding carboxylic acids is 1. The molecule has 0 fully saturated rings. The molecule has 0 saturated heterocycles. The quantitative estimate of drug-likeness (QED) is 0.190. The molecule has 0 unspecified atom stereocenters. The van der Waals surface area contributed by atoms with Gasteiger partial charge >= 0.3 is 0 Å². The second kappa shape index (κ2) is 12.2. The SMILES string of the molecule is C=CCc1ccccc1OCCOc1cccc(/C=C(/C#N)C(=O)Nc2nnc(CC)s2)c1. The van der Waals surface area contributed by atoms with Crippen LogP contribution < -0.4 is 14.8 Å². The van der Waals surface area contributed by atoms with Crippen LogP contribution in [-0.4, -0.2) is 29.3 Å². The van der Waals surface area contributed by atoms with Gasteiger partial charge in [-0.25, -0.2) is 0 Å². The van der Waals surface area contributed by atoms with Gasteiger partial charge < -0.3 is 9.47 Å². The van der Waals surface area contributed by atoms with Gasteiger partial charge in [-0.1, -0.05) is 54.7 Å². The Morgan fingerprint density at radius 1 is 1.18 bits per heavy atom. The van der Waals surface area contributed by atoms with E-state index in [0.717, 1.165) is 29.2 Å². The number of nitrogens with one attached hydrogen (secondary N) is 1. The number of para-hydroxylation sites is 1. The van der Waals surface area contributed by atoms with E-state index in [4.69, 9.17) is 9.47 Å². The Bertz CT molecular complexity index is 1180. The number of nitrogens with zero attached hydrogens (tertiary/aromatic N) is 3. The van der Waals surface area contributed by atoms with Crippen LogP contribution in [0.2, 0.25) is 0 Å². The third kappa shape index (κ3) is 7.02. The predicted molar refractivity (Wildman–Crippen MR) is 129 cm³/mol. The minimum Gasteiger partial charge on any atom is -0.490 e. The number of allylic oxidation sites excluding steroid dienone is 1. The smallest absolute Gasteiger partial charge is 0.268 e. The van der Waals surface area contributed by atoms with E-state index in [0.29, 0.717) is 29.7 Å². The number of ether oxygens (including phenoxy) is 2. The molecule has 0 atom stereocenters. The number of aryl methyl sites for hydroxylation is 1. The molecule has 1 heterocycles. The second-order valence-corrected chi connectivity index (χ2v) is 7.91. The Labute approximate surface area is 197 Å². The first kappa shape index (κ1) is 23.7. The number of amides is 1. The summed E-state index contributed by atoms with van der Waals surface area (Å²) in [4.78, 5) is 12.4. The van der Waals surface area contributed by atoms with Crippen molar-refractivity contribution in [2.24, 2.45) is 0 Å². The standard InChI is InChI=1S/C25H24N4O3S/c1-3-8-19-10-5-6-12-22(19)32-14-13-31-21-11-7-9-18(16-21)15-20(17-26)24(30)27-25-29-28-23(4-2)33-25/h3,5-7,9-12,15-16H,1,4,8,13-14H2,2H3,(H,27,29,30)/b20-15-. The molecule has 0 spiro atoms. The van der Waals surface area contributed by atoms with Gasteiger partial charge in [-0.2, -0.15) is 5.26 Å². The van der Waals surface area contributed by atoms with Crippen LogP contribution in [-0.2, 0) is 17.6 Å². The van der Waals surface area contributed by atoms with E-state index in [1.807, 2.05) is 49.4 Å². The monoisotopic (exact) mass is 460 g/mol. The van der Waals surface area contributed by atoms with E-state index in [9.17, 15) is 10.1 Å². The zero-order valence-electron chi connectivity index (χ0n) is 18.3. The summed E-state index contributed by atoms with van der Waals surface area (Å²) in [6, 6.07) is 16.9. The van der Waals surface area contributed by atoms with Crippen molar-refractivity contribution in [2.75, 3.05) is 18.5 Å². The van der Waals surface area contributed by atoms with E-state index >= 15 is 0 Å². The molecule has 0 radical (unpaired) electrons. The molecule has 168 valence electrons. The van der Waals surface area contributed by atoms with Gasteiger partial charge in [0.2, 0.25) is 5.13 Å². The summed E-state index contributed by atoms with van der Waals surface area (Å²) in [5, 5.41) is 21.1. The van der Waals surface area contributed by atoms with Gasteiger partial charge in [0.05, 0.1) is 0 Å². The van der Waals surface area contributed by atoms with Gasteiger partial charge in [0, 0.05) is 0 Å². The third-order valence-electron chi connectivity index (χ3n) is 4.47. The normalized spacial score (nSPS) is 10.8. The molecule has 1 amide bonds. The molecule has 0 bridgehead atoms. The number of hydrogen-bond donors (Lipinski definition) is 1. The number of nitriles is 1. The molecule has 3 rings (SSSR count). The fraction of sp³-hybridized carbons (Fsp3) is 0.200. The van der Waals surface area contributed by atoms with Crippen LogP contribution in [0, 0.1) is 11.3 Å². The lowest BCUT2D eigenvalue weighted by molar-refractivity contribution is -0.112. The molecular formula is C25H24N4O3S. The fourth-order valence-corrected chi connectivity index (χ4v) is 3.58. The summed E-state index contributed by atoms with van der Waals surface area (Å²) in [5.74, 6) is 0.888. The zero-order chi connectivity index (χ0) is 23.5. The molecule has 0 saturated carbocycles. The molecule has 1 N–H and O–H groups in total. The lowest BCUT2D eigenvalue weighted by Crippen LogP contribution is -2.13. The van der Waals surface area contributed by atoms with Crippen molar-refractivity contribution in [1.29, 1.82) is 5.26 Å². The number of rotatable bonds is 11. The summed E-state index contributed by atoms with van der Waals surface area (Å²) in [5.41, 5.74) is 1.70. The van der Waals surface area contributed by atoms with Crippen molar-refractivity contribution in [3.63, 3.8) is 0 Å². The van der Waals surface area contributed by atoms with Crippen molar-refractivity contribution in [1.82, 2.24) is 10.2 Å². The highest BCUT2D eigenvalue weighted by molar-refractivity contribution is 7.15. The summed E-state index contributed by atoms with van der Waals surface area (Å²) in [6.07, 6.45) is 4.81. The first-order chi connectivity index (χ1) is 16.1. The van der Waals surface area contributed by atoms with Gasteiger partial charge in [-0.3, -0.25) is 10.1 Å². The highest BCUT2D eigenvalue weighted by atomic mass is 32.1. The van der Waals surface area contributed by atoms with Crippen molar-refractivity contribution in [3.8, 4) is 17.6 Å². The van der Waals surface area contributed by atoms with Gasteiger partial charge in [0.25, 0.3) is 5.91 Å². The van der Waals surface area contributed by atoms with Crippen LogP contribution in [0.1, 0.15) is 23.1 Å². The third-order valence-corrected chi connectivity index (χ3v) is 5.45. The molecule has 1 aromatic heterocycles. The van der Waals surface area contributed by atoms with E-state index in [1.165, 1.54) is 17.4 Å². The molecule has 8 heteroatoms. The van der Waals surface area contributed by atoms with Crippen molar-refractivity contribution in [2.45, 2.75) is 19.8 Å². The Morgan fingerprint density at radius 2 is 2.00 bits per heavy atom. The number of anilines is 1. The van der Waals surface area contributed by atoms with Gasteiger partial charge in [0.1, 0.15) is 41.4 Å². The van der Waals surface area contributed by atoms with Crippen LogP contribution in [0.5, 0.6) is 11.5 Å². The fourth-order valence-electron chi connectivity index (χ4n) is 2.90. The van der Waals surface area contributed by atoms with Crippen molar-refractivity contribution in [3.05, 3.63) is 82.9 Å². The summed E-state index contributed by atoms with van der Waals surface area (Å²) >= 11 is 1.28. The van der Waals surface area contributed by atoms with Crippen LogP contribution >= 0.6 is 11.3 Å². The average molecular weight is 461 g/mol. The number of carbonyl (C=O) groups is 1. The van der Waals surface area contributed by atoms with E-state index < -0.39 is 5.91 Å². The van der Waals surface area contributed by atoms with Crippen molar-refractivity contribution >= 4 is 28.5 Å². The van der Waals surface area contributed by atoms with Crippen LogP contribution in [0.3, 0.4) is 0 Å². The van der Waals surface area contributed by atoms with E-state index in [2.05, 4.69) is 22.1 Å². The summed E-state index contributed by atoms with van der Waals surface area (Å²) in [6.45, 7) is 6.44. The molecule has 0 aliphatic heterocycles. The molecular weight excluding hydrogens is 436 g/mol. The number of benzene rings is 2. The minimum absolute atomic E-state index is 0.0393. The zero-order valence-corrected chi connectivity index (χ0v) is 19.1. The maximum atomic E-state index is 12.4. The average Bonchev–Trinajstić information content (AvgIpc) is 3.29. The maximum absolute atomic E-state index is 12.4. The first-order valence-electron chi connectivity index (χ1n) is 10.4. The minimum atomic E-state index is -0.533. The highest BCUT2D eigenvalue weighted by Gasteiger charge is 2.12. The largest absolute Gasteiger partial charge is 0.490 e. The molecule has 2 aromatic carbocycles. The molecule has 3 aromatic rings. The Kier molecular flexibility index (Phi) is 8.74. The van der Waals surface area contributed by atoms with Gasteiger partial charge in [-0.05, 0) is 48.2 Å². The van der Waals surface area contributed by atoms with E-state index in [1.54, 1.807) is 18.2 Å². The first-order valence-corrected chi connectivity index (χ1v) is 11.2. The van der Waals surface area contributed by atoms with Crippen LogP contribution in [0.25, 0.3) is 6.08 Å². The number of hydrogen-bond acceptors (Lipinski definition) is 7.